The monoisotopic (exact) mass is 194 g/mol. The number of carbonyl (C=O) groups excluding carboxylic acids is 1. The first kappa shape index (κ1) is 10.4. The molecule has 0 aromatic rings. The number of carbonyl (C=O) groups is 1. The highest BCUT2D eigenvalue weighted by molar-refractivity contribution is 5.69. The summed E-state index contributed by atoms with van der Waals surface area (Å²) in [7, 11) is 1.20. The molecule has 1 aliphatic carbocycles. The number of esters is 1. The fourth-order valence-corrected chi connectivity index (χ4v) is 1.40. The van der Waals surface area contributed by atoms with E-state index in [1.807, 2.05) is 0 Å². The van der Waals surface area contributed by atoms with Gasteiger partial charge in [-0.3, -0.25) is 4.79 Å². The molecule has 1 rings (SSSR count). The molecule has 0 heterocycles. The average Bonchev–Trinajstić information content (AvgIpc) is 1.99. The topological polar surface area (TPSA) is 46.5 Å². The average molecular weight is 194 g/mol. The van der Waals surface area contributed by atoms with Gasteiger partial charge in [0.05, 0.1) is 19.6 Å². The summed E-state index contributed by atoms with van der Waals surface area (Å²) in [6.45, 7) is 0. The number of methoxy groups -OCH3 is 1. The highest BCUT2D eigenvalue weighted by atomic mass is 19.3. The molecule has 1 fully saturated rings. The van der Waals surface area contributed by atoms with E-state index in [-0.39, 0.29) is 19.3 Å². The standard InChI is InChI=1S/C8H12F2O3/c1-13-7(12)2-6(11)5-3-8(9,10)4-5/h5-6,11H,2-4H2,1H3. The second-order valence-electron chi connectivity index (χ2n) is 3.37. The third-order valence-electron chi connectivity index (χ3n) is 2.27. The lowest BCUT2D eigenvalue weighted by atomic mass is 9.77. The van der Waals surface area contributed by atoms with Crippen LogP contribution in [0.15, 0.2) is 0 Å². The molecule has 1 N–H and O–H groups in total. The predicted octanol–water partition coefficient (Wildman–Crippen LogP) is 0.956. The fourth-order valence-electron chi connectivity index (χ4n) is 1.40. The van der Waals surface area contributed by atoms with Crippen LogP contribution in [0.2, 0.25) is 0 Å². The van der Waals surface area contributed by atoms with Gasteiger partial charge in [-0.25, -0.2) is 8.78 Å². The quantitative estimate of drug-likeness (QED) is 0.680. The normalized spacial score (nSPS) is 23.4. The maximum atomic E-state index is 12.3. The molecule has 1 aliphatic rings. The summed E-state index contributed by atoms with van der Waals surface area (Å²) in [4.78, 5) is 10.7. The van der Waals surface area contributed by atoms with Crippen LogP contribution in [0.25, 0.3) is 0 Å². The van der Waals surface area contributed by atoms with E-state index in [1.54, 1.807) is 0 Å². The van der Waals surface area contributed by atoms with Gasteiger partial charge in [0, 0.05) is 12.8 Å². The Morgan fingerprint density at radius 3 is 2.62 bits per heavy atom. The van der Waals surface area contributed by atoms with E-state index in [0.717, 1.165) is 0 Å². The van der Waals surface area contributed by atoms with Crippen LogP contribution in [-0.2, 0) is 9.53 Å². The molecular formula is C8H12F2O3. The Hall–Kier alpha value is -0.710. The molecule has 3 nitrogen and oxygen atoms in total. The van der Waals surface area contributed by atoms with E-state index in [2.05, 4.69) is 4.74 Å². The first-order chi connectivity index (χ1) is 5.94. The smallest absolute Gasteiger partial charge is 0.308 e. The van der Waals surface area contributed by atoms with Gasteiger partial charge >= 0.3 is 5.97 Å². The van der Waals surface area contributed by atoms with E-state index in [9.17, 15) is 18.7 Å². The zero-order valence-electron chi connectivity index (χ0n) is 7.30. The van der Waals surface area contributed by atoms with Crippen molar-refractivity contribution in [3.63, 3.8) is 0 Å². The summed E-state index contributed by atoms with van der Waals surface area (Å²) in [6.07, 6.45) is -1.85. The van der Waals surface area contributed by atoms with Crippen molar-refractivity contribution in [2.24, 2.45) is 5.92 Å². The SMILES string of the molecule is COC(=O)CC(O)C1CC(F)(F)C1. The Labute approximate surface area is 74.7 Å². The Morgan fingerprint density at radius 2 is 2.23 bits per heavy atom. The minimum Gasteiger partial charge on any atom is -0.469 e. The first-order valence-corrected chi connectivity index (χ1v) is 4.07. The Kier molecular flexibility index (Phi) is 2.85. The third kappa shape index (κ3) is 2.62. The highest BCUT2D eigenvalue weighted by Crippen LogP contribution is 2.44. The maximum absolute atomic E-state index is 12.3. The van der Waals surface area contributed by atoms with Gasteiger partial charge < -0.3 is 9.84 Å². The minimum absolute atomic E-state index is 0.197. The van der Waals surface area contributed by atoms with Crippen LogP contribution in [-0.4, -0.2) is 30.2 Å². The van der Waals surface area contributed by atoms with Crippen LogP contribution in [0.3, 0.4) is 0 Å². The predicted molar refractivity (Wildman–Crippen MR) is 40.3 cm³/mol. The van der Waals surface area contributed by atoms with Crippen molar-refractivity contribution >= 4 is 5.97 Å². The summed E-state index contributed by atoms with van der Waals surface area (Å²) < 4.78 is 29.0. The van der Waals surface area contributed by atoms with E-state index < -0.39 is 23.9 Å². The number of rotatable bonds is 3. The number of hydrogen-bond donors (Lipinski definition) is 1. The van der Waals surface area contributed by atoms with Crippen LogP contribution in [0.1, 0.15) is 19.3 Å². The molecule has 1 unspecified atom stereocenters. The molecule has 0 spiro atoms. The first-order valence-electron chi connectivity index (χ1n) is 4.07. The number of aliphatic hydroxyl groups is 1. The van der Waals surface area contributed by atoms with Crippen molar-refractivity contribution in [1.29, 1.82) is 0 Å². The van der Waals surface area contributed by atoms with Gasteiger partial charge in [-0.15, -0.1) is 0 Å². The summed E-state index contributed by atoms with van der Waals surface area (Å²) in [5.41, 5.74) is 0. The van der Waals surface area contributed by atoms with E-state index in [1.165, 1.54) is 7.11 Å². The Morgan fingerprint density at radius 1 is 1.69 bits per heavy atom. The highest BCUT2D eigenvalue weighted by Gasteiger charge is 2.48. The van der Waals surface area contributed by atoms with Crippen molar-refractivity contribution in [1.82, 2.24) is 0 Å². The maximum Gasteiger partial charge on any atom is 0.308 e. The lowest BCUT2D eigenvalue weighted by Gasteiger charge is -2.37. The van der Waals surface area contributed by atoms with Gasteiger partial charge in [-0.05, 0) is 5.92 Å². The molecule has 0 amide bonds. The lowest BCUT2D eigenvalue weighted by Crippen LogP contribution is -2.42. The number of alkyl halides is 2. The molecule has 76 valence electrons. The molecule has 1 atom stereocenters. The molecule has 0 radical (unpaired) electrons. The number of ether oxygens (including phenoxy) is 1. The number of halogens is 2. The second-order valence-corrected chi connectivity index (χ2v) is 3.37. The molecule has 0 aromatic carbocycles. The summed E-state index contributed by atoms with van der Waals surface area (Å²) in [5, 5.41) is 9.27. The molecule has 0 aromatic heterocycles. The number of hydrogen-bond acceptors (Lipinski definition) is 3. The summed E-state index contributed by atoms with van der Waals surface area (Å²) in [6, 6.07) is 0. The fraction of sp³-hybridized carbons (Fsp3) is 0.875. The van der Waals surface area contributed by atoms with E-state index in [4.69, 9.17) is 0 Å². The molecule has 5 heteroatoms. The van der Waals surface area contributed by atoms with Gasteiger partial charge in [-0.2, -0.15) is 0 Å². The van der Waals surface area contributed by atoms with Crippen molar-refractivity contribution < 1.29 is 23.4 Å². The van der Waals surface area contributed by atoms with Gasteiger partial charge in [0.25, 0.3) is 0 Å². The van der Waals surface area contributed by atoms with Crippen LogP contribution in [0.5, 0.6) is 0 Å². The largest absolute Gasteiger partial charge is 0.469 e. The molecule has 13 heavy (non-hydrogen) atoms. The van der Waals surface area contributed by atoms with E-state index >= 15 is 0 Å². The molecule has 0 bridgehead atoms. The Bertz CT molecular complexity index is 198. The summed E-state index contributed by atoms with van der Waals surface area (Å²) in [5.74, 6) is -3.68. The zero-order chi connectivity index (χ0) is 10.1. The minimum atomic E-state index is -2.65. The zero-order valence-corrected chi connectivity index (χ0v) is 7.30. The van der Waals surface area contributed by atoms with Crippen LogP contribution < -0.4 is 0 Å². The Balaban J connectivity index is 2.27. The lowest BCUT2D eigenvalue weighted by molar-refractivity contribution is -0.157. The van der Waals surface area contributed by atoms with Crippen molar-refractivity contribution in [3.8, 4) is 0 Å². The molecule has 0 aliphatic heterocycles. The van der Waals surface area contributed by atoms with Gasteiger partial charge in [0.1, 0.15) is 0 Å². The van der Waals surface area contributed by atoms with E-state index in [0.29, 0.717) is 0 Å². The molecular weight excluding hydrogens is 182 g/mol. The van der Waals surface area contributed by atoms with Crippen molar-refractivity contribution in [2.75, 3.05) is 7.11 Å². The second kappa shape index (κ2) is 3.57. The van der Waals surface area contributed by atoms with Crippen LogP contribution in [0.4, 0.5) is 8.78 Å². The molecule has 1 saturated carbocycles. The van der Waals surface area contributed by atoms with Crippen molar-refractivity contribution in [3.05, 3.63) is 0 Å². The van der Waals surface area contributed by atoms with Crippen LogP contribution >= 0.6 is 0 Å². The summed E-state index contributed by atoms with van der Waals surface area (Å²) >= 11 is 0. The van der Waals surface area contributed by atoms with Crippen molar-refractivity contribution in [2.45, 2.75) is 31.3 Å². The molecule has 0 saturated heterocycles. The number of aliphatic hydroxyl groups excluding tert-OH is 1. The van der Waals surface area contributed by atoms with Gasteiger partial charge in [0.15, 0.2) is 0 Å². The van der Waals surface area contributed by atoms with Gasteiger partial charge in [-0.1, -0.05) is 0 Å². The third-order valence-corrected chi connectivity index (χ3v) is 2.27. The van der Waals surface area contributed by atoms with Crippen LogP contribution in [0, 0.1) is 5.92 Å². The van der Waals surface area contributed by atoms with Gasteiger partial charge in [0.2, 0.25) is 5.92 Å².